The summed E-state index contributed by atoms with van der Waals surface area (Å²) in [4.78, 5) is 73.5. The normalized spacial score (nSPS) is 14.5. The smallest absolute Gasteiger partial charge is 0.432 e. The molecule has 352 valence electrons. The molecule has 0 radical (unpaired) electrons. The SMILES string of the molecule is C#CCN(c1ccc(C(=O)O)cc1)[C@H]1CCc2cc3nc(CO)[nH]c(=O)c3cc21.C#CCN(c1ccc(C(=O)On2nnc3ccccc32)cc1)[C@H]1CCc2cc3nc(CO)[nH]c(=O)c3cc21.[3H]B(O)O. The Morgan fingerprint density at radius 3 is 1.67 bits per heavy atom. The predicted molar refractivity (Wildman–Crippen MR) is 261 cm³/mol. The quantitative estimate of drug-likeness (QED) is 0.0558. The van der Waals surface area contributed by atoms with E-state index in [2.05, 4.69) is 47.0 Å². The second kappa shape index (κ2) is 21.1. The van der Waals surface area contributed by atoms with Crippen LogP contribution >= 0.6 is 0 Å². The number of hydrogen-bond acceptors (Lipinski definition) is 15. The van der Waals surface area contributed by atoms with Gasteiger partial charge in [-0.05, 0) is 138 Å². The van der Waals surface area contributed by atoms with Gasteiger partial charge in [0, 0.05) is 11.4 Å². The molecule has 0 aliphatic heterocycles. The highest BCUT2D eigenvalue weighted by Crippen LogP contribution is 2.41. The monoisotopic (exact) mass is 943 g/mol. The molecule has 0 bridgehead atoms. The third-order valence-electron chi connectivity index (χ3n) is 12.1. The molecular formula is C50H44BN9O10. The number of rotatable bonds is 11. The van der Waals surface area contributed by atoms with Gasteiger partial charge in [0.05, 0.1) is 59.4 Å². The first-order chi connectivity index (χ1) is 34.3. The maximum Gasteiger partial charge on any atom is 0.432 e. The molecule has 0 spiro atoms. The molecule has 2 aliphatic rings. The van der Waals surface area contributed by atoms with Gasteiger partial charge in [-0.3, -0.25) is 9.59 Å². The minimum absolute atomic E-state index is 0.0296. The number of nitrogens with one attached hydrogen (secondary N) is 2. The summed E-state index contributed by atoms with van der Waals surface area (Å²) in [5.41, 5.74) is 8.19. The summed E-state index contributed by atoms with van der Waals surface area (Å²) in [6.07, 6.45) is 14.6. The molecule has 20 heteroatoms. The number of fused-ring (bicyclic) bond motifs is 5. The second-order valence-corrected chi connectivity index (χ2v) is 16.1. The number of aromatic carboxylic acids is 1. The Labute approximate surface area is 400 Å². The van der Waals surface area contributed by atoms with Crippen molar-refractivity contribution in [2.24, 2.45) is 0 Å². The number of carbonyl (C=O) groups excluding carboxylic acids is 1. The Morgan fingerprint density at radius 2 is 1.21 bits per heavy atom. The van der Waals surface area contributed by atoms with E-state index in [9.17, 15) is 29.4 Å². The van der Waals surface area contributed by atoms with E-state index >= 15 is 0 Å². The average molecular weight is 944 g/mol. The summed E-state index contributed by atoms with van der Waals surface area (Å²) in [6, 6.07) is 28.3. The molecule has 3 heterocycles. The van der Waals surface area contributed by atoms with E-state index in [4.69, 9.17) is 34.2 Å². The topological polar surface area (TPSA) is 273 Å². The summed E-state index contributed by atoms with van der Waals surface area (Å²) in [6.45, 7) is 0.0362. The lowest BCUT2D eigenvalue weighted by atomic mass is 10.0. The Bertz CT molecular complexity index is 3490. The summed E-state index contributed by atoms with van der Waals surface area (Å²) in [7, 11) is -1.92. The van der Waals surface area contributed by atoms with Crippen LogP contribution in [-0.2, 0) is 26.1 Å². The van der Waals surface area contributed by atoms with Crippen LogP contribution in [0.3, 0.4) is 0 Å². The molecule has 0 fully saturated rings. The van der Waals surface area contributed by atoms with Crippen LogP contribution in [-0.4, -0.2) is 94.5 Å². The minimum atomic E-state index is -1.92. The zero-order valence-corrected chi connectivity index (χ0v) is 37.2. The van der Waals surface area contributed by atoms with Crippen molar-refractivity contribution in [2.75, 3.05) is 22.9 Å². The molecule has 0 saturated carbocycles. The highest BCUT2D eigenvalue weighted by atomic mass is 16.7. The van der Waals surface area contributed by atoms with E-state index < -0.39 is 19.6 Å². The van der Waals surface area contributed by atoms with Gasteiger partial charge in [-0.1, -0.05) is 28.8 Å². The van der Waals surface area contributed by atoms with Crippen molar-refractivity contribution in [2.45, 2.75) is 51.0 Å². The number of aromatic nitrogens is 7. The molecule has 19 nitrogen and oxygen atoms in total. The van der Waals surface area contributed by atoms with Crippen LogP contribution in [0.25, 0.3) is 32.8 Å². The highest BCUT2D eigenvalue weighted by molar-refractivity contribution is 6.13. The molecular weight excluding hydrogens is 897 g/mol. The molecule has 0 unspecified atom stereocenters. The molecule has 8 aromatic rings. The number of hydrogen-bond donors (Lipinski definition) is 7. The van der Waals surface area contributed by atoms with Crippen molar-refractivity contribution in [3.05, 3.63) is 163 Å². The predicted octanol–water partition coefficient (Wildman–Crippen LogP) is 3.03. The first kappa shape index (κ1) is 46.5. The number of aryl methyl sites for hydroxylation is 2. The molecule has 7 N–H and O–H groups in total. The van der Waals surface area contributed by atoms with Gasteiger partial charge in [0.25, 0.3) is 11.1 Å². The van der Waals surface area contributed by atoms with Gasteiger partial charge < -0.3 is 50.0 Å². The van der Waals surface area contributed by atoms with Gasteiger partial charge in [-0.25, -0.2) is 19.6 Å². The first-order valence-electron chi connectivity index (χ1n) is 22.4. The number of anilines is 2. The van der Waals surface area contributed by atoms with Crippen molar-refractivity contribution in [3.8, 4) is 24.7 Å². The summed E-state index contributed by atoms with van der Waals surface area (Å²) in [5.74, 6) is 4.34. The van der Waals surface area contributed by atoms with Gasteiger partial charge in [0.1, 0.15) is 35.9 Å². The molecule has 5 aromatic carbocycles. The fraction of sp³-hybridized carbons (Fsp3) is 0.200. The highest BCUT2D eigenvalue weighted by Gasteiger charge is 2.31. The van der Waals surface area contributed by atoms with Gasteiger partial charge in [-0.2, -0.15) is 0 Å². The molecule has 2 aliphatic carbocycles. The van der Waals surface area contributed by atoms with Crippen LogP contribution in [0.5, 0.6) is 0 Å². The van der Waals surface area contributed by atoms with Crippen molar-refractivity contribution in [3.63, 3.8) is 0 Å². The number of aliphatic hydroxyl groups excluding tert-OH is 2. The van der Waals surface area contributed by atoms with Crippen molar-refractivity contribution in [1.29, 1.82) is 1.34 Å². The third kappa shape index (κ3) is 9.83. The Hall–Kier alpha value is -8.66. The first-order valence-corrected chi connectivity index (χ1v) is 21.8. The number of nitrogens with zero attached hydrogens (tertiary/aromatic N) is 7. The molecule has 0 amide bonds. The van der Waals surface area contributed by atoms with Gasteiger partial charge in [-0.15, -0.1) is 17.9 Å². The summed E-state index contributed by atoms with van der Waals surface area (Å²) >= 11 is 0. The zero-order valence-electron chi connectivity index (χ0n) is 38.2. The van der Waals surface area contributed by atoms with E-state index in [-0.39, 0.29) is 53.6 Å². The van der Waals surface area contributed by atoms with Crippen LogP contribution < -0.4 is 25.8 Å². The van der Waals surface area contributed by atoms with Crippen molar-refractivity contribution in [1.82, 2.24) is 35.1 Å². The van der Waals surface area contributed by atoms with E-state index in [1.165, 1.54) is 0 Å². The molecule has 3 aromatic heterocycles. The zero-order chi connectivity index (χ0) is 50.3. The van der Waals surface area contributed by atoms with Crippen LogP contribution in [0.1, 0.15) is 79.5 Å². The number of aromatic amines is 2. The van der Waals surface area contributed by atoms with Gasteiger partial charge in [0.15, 0.2) is 0 Å². The molecule has 0 saturated heterocycles. The fourth-order valence-corrected chi connectivity index (χ4v) is 8.92. The van der Waals surface area contributed by atoms with E-state index in [1.54, 1.807) is 48.5 Å². The van der Waals surface area contributed by atoms with Crippen molar-refractivity contribution >= 4 is 63.8 Å². The van der Waals surface area contributed by atoms with Crippen LogP contribution in [0.15, 0.2) is 107 Å². The Kier molecular flexibility index (Phi) is 14.0. The molecule has 10 rings (SSSR count). The molecule has 2 atom stereocenters. The molecule has 70 heavy (non-hydrogen) atoms. The standard InChI is InChI=1S/C28H22N6O4.C22H19N3O4.BH3O2/c1-2-13-33(24-12-9-18-14-23-21(15-20(18)24)27(36)30-26(16-35)29-23)19-10-7-17(8-11-19)28(37)38-34-25-6-4-3-5-22(25)31-32-34;1-2-9-25(15-6-3-13(4-7-15)22(28)29)19-8-5-14-10-18-17(11-16(14)19)21(27)24-20(12-26)23-18;2-1-3/h1,3-8,10-11,14-15,24,35H,9,12-13,16H2,(H,29,30,36);1,3-4,6-7,10-11,19,26H,5,8-9,12H2,(H,28,29)(H,23,24,27);1-3H/t24-;19-;/m00./s1/i;;1T. The number of carbonyl (C=O) groups is 2. The van der Waals surface area contributed by atoms with E-state index in [1.807, 2.05) is 53.4 Å². The number of benzene rings is 5. The van der Waals surface area contributed by atoms with E-state index in [0.29, 0.717) is 51.5 Å². The Morgan fingerprint density at radius 1 is 0.743 bits per heavy atom. The van der Waals surface area contributed by atoms with Crippen LogP contribution in [0.4, 0.5) is 11.4 Å². The van der Waals surface area contributed by atoms with Gasteiger partial charge >= 0.3 is 19.6 Å². The summed E-state index contributed by atoms with van der Waals surface area (Å²) < 4.78 is 5.69. The number of carboxylic acids is 1. The number of aliphatic hydroxyl groups is 2. The summed E-state index contributed by atoms with van der Waals surface area (Å²) in [5, 5.41) is 51.2. The Balaban J connectivity index is 0.000000183. The average Bonchev–Trinajstić information content (AvgIpc) is 4.10. The van der Waals surface area contributed by atoms with Crippen LogP contribution in [0.2, 0.25) is 0 Å². The third-order valence-corrected chi connectivity index (χ3v) is 12.1. The minimum Gasteiger partial charge on any atom is -0.478 e. The number of terminal acetylenes is 2. The maximum absolute atomic E-state index is 12.8. The second-order valence-electron chi connectivity index (χ2n) is 16.1. The lowest BCUT2D eigenvalue weighted by molar-refractivity contribution is 0.0408. The van der Waals surface area contributed by atoms with Crippen molar-refractivity contribution < 1.29 is 39.8 Å². The van der Waals surface area contributed by atoms with Crippen LogP contribution in [0, 0.1) is 24.7 Å². The lowest BCUT2D eigenvalue weighted by Crippen LogP contribution is -2.28. The largest absolute Gasteiger partial charge is 0.478 e. The maximum atomic E-state index is 12.8. The lowest BCUT2D eigenvalue weighted by Gasteiger charge is -2.30. The van der Waals surface area contributed by atoms with Gasteiger partial charge in [0.2, 0.25) is 0 Å². The number of carboxylic acid groups (broad SMARTS) is 1. The number of H-pyrrole nitrogens is 2. The number of para-hydroxylation sites is 1. The fourth-order valence-electron chi connectivity index (χ4n) is 8.92. The van der Waals surface area contributed by atoms with E-state index in [0.717, 1.165) is 64.2 Å².